The van der Waals surface area contributed by atoms with Crippen LogP contribution < -0.4 is 5.32 Å². The average Bonchev–Trinajstić information content (AvgIpc) is 4.30. The highest BCUT2D eigenvalue weighted by Crippen LogP contribution is 2.41. The maximum absolute atomic E-state index is 10.0. The third-order valence-electron chi connectivity index (χ3n) is 15.1. The molecule has 0 fully saturated rings. The van der Waals surface area contributed by atoms with Crippen molar-refractivity contribution in [3.63, 3.8) is 0 Å². The fraction of sp³-hybridized carbons (Fsp3) is 0.0147. The lowest BCUT2D eigenvalue weighted by Gasteiger charge is -2.25. The molecular formula is C68H39N9. The summed E-state index contributed by atoms with van der Waals surface area (Å²) in [4.78, 5) is 5.07. The first kappa shape index (κ1) is 44.5. The number of hydrogen-bond acceptors (Lipinski definition) is 6. The average molecular weight is 982 g/mol. The molecule has 356 valence electrons. The summed E-state index contributed by atoms with van der Waals surface area (Å²) in [5, 5.41) is 49.7. The summed E-state index contributed by atoms with van der Waals surface area (Å²) in [5.41, 5.74) is 16.9. The van der Waals surface area contributed by atoms with Crippen molar-refractivity contribution in [3.05, 3.63) is 263 Å². The standard InChI is InChI=1S/C68H39N9/c69-38-42-17-29-64-56(33-42)54-13-5-7-15-62(54)76(64)50-27-31-66-58(35-50)59-36-51(77-63-16-8-6-14-55(63)57-34-43(39-70)18-30-65(57)77)28-32-67(59)75(66)49-25-23-45(24-26-49)44-19-21-46(22-20-44)60-37-61(52-11-3-1-9-47(52)40-71)74-68(73-60)53-12-4-2-10-48(53)41-72/h1-37,61H,(H,73,74). The van der Waals surface area contributed by atoms with Gasteiger partial charge in [-0.2, -0.15) is 21.0 Å². The largest absolute Gasteiger partial charge is 0.359 e. The van der Waals surface area contributed by atoms with Gasteiger partial charge >= 0.3 is 0 Å². The molecule has 3 aromatic heterocycles. The number of nitrogens with one attached hydrogen (secondary N) is 1. The monoisotopic (exact) mass is 981 g/mol. The van der Waals surface area contributed by atoms with Gasteiger partial charge in [-0.25, -0.2) is 4.99 Å². The van der Waals surface area contributed by atoms with Gasteiger partial charge in [0.25, 0.3) is 0 Å². The Morgan fingerprint density at radius 2 is 0.792 bits per heavy atom. The fourth-order valence-corrected chi connectivity index (χ4v) is 11.5. The van der Waals surface area contributed by atoms with Gasteiger partial charge in [0.1, 0.15) is 5.84 Å². The molecule has 1 aliphatic heterocycles. The van der Waals surface area contributed by atoms with E-state index in [1.807, 2.05) is 84.9 Å². The van der Waals surface area contributed by atoms with Crippen molar-refractivity contribution < 1.29 is 0 Å². The van der Waals surface area contributed by atoms with Gasteiger partial charge < -0.3 is 19.0 Å². The highest BCUT2D eigenvalue weighted by Gasteiger charge is 2.24. The van der Waals surface area contributed by atoms with Crippen LogP contribution in [0.25, 0.3) is 99.3 Å². The molecule has 9 heteroatoms. The Balaban J connectivity index is 0.888. The van der Waals surface area contributed by atoms with Crippen molar-refractivity contribution in [2.45, 2.75) is 6.04 Å². The number of fused-ring (bicyclic) bond motifs is 9. The Kier molecular flexibility index (Phi) is 10.3. The van der Waals surface area contributed by atoms with E-state index in [0.717, 1.165) is 110 Å². The third-order valence-corrected chi connectivity index (χ3v) is 15.1. The van der Waals surface area contributed by atoms with Gasteiger partial charge in [-0.15, -0.1) is 0 Å². The van der Waals surface area contributed by atoms with Crippen molar-refractivity contribution in [3.8, 4) is 52.5 Å². The minimum atomic E-state index is -0.356. The smallest absolute Gasteiger partial charge is 0.136 e. The van der Waals surface area contributed by atoms with Crippen molar-refractivity contribution in [1.82, 2.24) is 19.0 Å². The fourth-order valence-electron chi connectivity index (χ4n) is 11.5. The second-order valence-corrected chi connectivity index (χ2v) is 19.2. The normalized spacial score (nSPS) is 13.3. The first-order valence-corrected chi connectivity index (χ1v) is 25.2. The number of nitrogens with zero attached hydrogens (tertiary/aromatic N) is 8. The molecule has 0 bridgehead atoms. The van der Waals surface area contributed by atoms with Gasteiger partial charge in [-0.1, -0.05) is 103 Å². The van der Waals surface area contributed by atoms with Crippen molar-refractivity contribution in [2.24, 2.45) is 4.99 Å². The first-order chi connectivity index (χ1) is 38.0. The lowest BCUT2D eigenvalue weighted by Crippen LogP contribution is -2.32. The number of benzene rings is 10. The number of amidine groups is 1. The van der Waals surface area contributed by atoms with Crippen molar-refractivity contribution >= 4 is 77.0 Å². The van der Waals surface area contributed by atoms with Crippen LogP contribution in [0.3, 0.4) is 0 Å². The van der Waals surface area contributed by atoms with Gasteiger partial charge in [-0.05, 0) is 144 Å². The van der Waals surface area contributed by atoms with Crippen molar-refractivity contribution in [1.29, 1.82) is 21.0 Å². The topological polar surface area (TPSA) is 134 Å². The van der Waals surface area contributed by atoms with Gasteiger partial charge in [-0.3, -0.25) is 0 Å². The summed E-state index contributed by atoms with van der Waals surface area (Å²) in [6, 6.07) is 83.0. The molecule has 0 amide bonds. The van der Waals surface area contributed by atoms with Crippen LogP contribution in [0, 0.1) is 45.3 Å². The van der Waals surface area contributed by atoms with E-state index in [1.165, 1.54) is 0 Å². The van der Waals surface area contributed by atoms with E-state index in [9.17, 15) is 21.0 Å². The summed E-state index contributed by atoms with van der Waals surface area (Å²) < 4.78 is 6.93. The van der Waals surface area contributed by atoms with Crippen LogP contribution in [-0.2, 0) is 0 Å². The molecule has 4 heterocycles. The first-order valence-electron chi connectivity index (χ1n) is 25.2. The Hall–Kier alpha value is -11.2. The number of hydrogen-bond donors (Lipinski definition) is 1. The number of para-hydroxylation sites is 2. The third kappa shape index (κ3) is 7.16. The number of nitriles is 4. The minimum absolute atomic E-state index is 0.356. The zero-order chi connectivity index (χ0) is 51.7. The van der Waals surface area contributed by atoms with Crippen LogP contribution in [-0.4, -0.2) is 19.5 Å². The van der Waals surface area contributed by atoms with Crippen LogP contribution in [0.1, 0.15) is 45.0 Å². The van der Waals surface area contributed by atoms with Gasteiger partial charge in [0, 0.05) is 54.9 Å². The molecule has 77 heavy (non-hydrogen) atoms. The summed E-state index contributed by atoms with van der Waals surface area (Å²) >= 11 is 0. The van der Waals surface area contributed by atoms with Gasteiger partial charge in [0.05, 0.1) is 91.4 Å². The Labute approximate surface area is 441 Å². The van der Waals surface area contributed by atoms with E-state index in [4.69, 9.17) is 4.99 Å². The molecule has 1 unspecified atom stereocenters. The zero-order valence-corrected chi connectivity index (χ0v) is 41.0. The number of rotatable bonds is 7. The molecule has 1 aliphatic rings. The van der Waals surface area contributed by atoms with Crippen LogP contribution in [0.4, 0.5) is 0 Å². The summed E-state index contributed by atoms with van der Waals surface area (Å²) in [7, 11) is 0. The molecule has 0 aliphatic carbocycles. The molecule has 1 atom stereocenters. The van der Waals surface area contributed by atoms with E-state index in [-0.39, 0.29) is 6.04 Å². The predicted octanol–water partition coefficient (Wildman–Crippen LogP) is 15.3. The molecule has 0 spiro atoms. The Morgan fingerprint density at radius 1 is 0.364 bits per heavy atom. The van der Waals surface area contributed by atoms with Crippen LogP contribution in [0.15, 0.2) is 229 Å². The lowest BCUT2D eigenvalue weighted by molar-refractivity contribution is 0.778. The predicted molar refractivity (Wildman–Crippen MR) is 307 cm³/mol. The summed E-state index contributed by atoms with van der Waals surface area (Å²) in [5.74, 6) is 0.568. The van der Waals surface area contributed by atoms with Gasteiger partial charge in [0.15, 0.2) is 0 Å². The summed E-state index contributed by atoms with van der Waals surface area (Å²) in [6.45, 7) is 0. The molecule has 0 radical (unpaired) electrons. The zero-order valence-electron chi connectivity index (χ0n) is 41.0. The highest BCUT2D eigenvalue weighted by atomic mass is 15.1. The number of aromatic nitrogens is 3. The van der Waals surface area contributed by atoms with E-state index in [0.29, 0.717) is 33.7 Å². The Bertz CT molecular complexity index is 4690. The van der Waals surface area contributed by atoms with Crippen LogP contribution in [0.5, 0.6) is 0 Å². The second-order valence-electron chi connectivity index (χ2n) is 19.2. The SMILES string of the molecule is N#Cc1ccc2c(c1)c1ccccc1n2-c1ccc2c(c1)c1cc(-n3c4ccccc4c4cc(C#N)ccc43)ccc1n2-c1ccc(-c2ccc(C3=CC(c4ccccc4C#N)NC(c4ccccc4C#N)=N3)cc2)cc1. The maximum Gasteiger partial charge on any atom is 0.136 e. The van der Waals surface area contributed by atoms with Gasteiger partial charge in [0.2, 0.25) is 0 Å². The van der Waals surface area contributed by atoms with E-state index < -0.39 is 0 Å². The molecule has 9 nitrogen and oxygen atoms in total. The number of aliphatic imine (C=N–C) groups is 1. The summed E-state index contributed by atoms with van der Waals surface area (Å²) in [6.07, 6.45) is 2.04. The maximum atomic E-state index is 10.0. The van der Waals surface area contributed by atoms with E-state index in [2.05, 4.69) is 177 Å². The molecule has 0 saturated carbocycles. The molecule has 1 N–H and O–H groups in total. The second kappa shape index (κ2) is 17.8. The molecule has 10 aromatic carbocycles. The van der Waals surface area contributed by atoms with E-state index >= 15 is 0 Å². The van der Waals surface area contributed by atoms with E-state index in [1.54, 1.807) is 6.07 Å². The molecular weight excluding hydrogens is 943 g/mol. The Morgan fingerprint density at radius 3 is 1.35 bits per heavy atom. The molecule has 0 saturated heterocycles. The lowest BCUT2D eigenvalue weighted by atomic mass is 9.95. The van der Waals surface area contributed by atoms with Crippen LogP contribution >= 0.6 is 0 Å². The minimum Gasteiger partial charge on any atom is -0.359 e. The van der Waals surface area contributed by atoms with Crippen LogP contribution in [0.2, 0.25) is 0 Å². The highest BCUT2D eigenvalue weighted by molar-refractivity contribution is 6.14. The molecule has 13 aromatic rings. The molecule has 14 rings (SSSR count). The quantitative estimate of drug-likeness (QED) is 0.170. The van der Waals surface area contributed by atoms with Crippen molar-refractivity contribution in [2.75, 3.05) is 0 Å².